The predicted molar refractivity (Wildman–Crippen MR) is 66.4 cm³/mol. The zero-order valence-electron chi connectivity index (χ0n) is 9.57. The number of ether oxygens (including phenoxy) is 1. The van der Waals surface area contributed by atoms with E-state index in [1.165, 1.54) is 29.5 Å². The Morgan fingerprint density at radius 1 is 1.31 bits per heavy atom. The maximum Gasteiger partial charge on any atom is 0.0568 e. The molecule has 1 unspecified atom stereocenters. The lowest BCUT2D eigenvalue weighted by molar-refractivity contribution is 0.188. The van der Waals surface area contributed by atoms with E-state index in [1.54, 1.807) is 12.7 Å². The minimum atomic E-state index is 0.487. The number of hydrogen-bond acceptors (Lipinski definition) is 1. The molecular formula is C15H16O. The van der Waals surface area contributed by atoms with Crippen molar-refractivity contribution in [1.29, 1.82) is 0 Å². The highest BCUT2D eigenvalue weighted by Crippen LogP contribution is 2.46. The number of benzene rings is 1. The topological polar surface area (TPSA) is 9.23 Å². The third-order valence-corrected chi connectivity index (χ3v) is 3.59. The Hall–Kier alpha value is -1.34. The van der Waals surface area contributed by atoms with Gasteiger partial charge in [0.15, 0.2) is 0 Å². The molecule has 0 saturated carbocycles. The average molecular weight is 212 g/mol. The van der Waals surface area contributed by atoms with Crippen molar-refractivity contribution in [3.8, 4) is 0 Å². The second-order valence-corrected chi connectivity index (χ2v) is 4.48. The minimum absolute atomic E-state index is 0.487. The van der Waals surface area contributed by atoms with Crippen LogP contribution in [0, 0.1) is 0 Å². The van der Waals surface area contributed by atoms with E-state index in [0.29, 0.717) is 5.92 Å². The summed E-state index contributed by atoms with van der Waals surface area (Å²) < 4.78 is 5.37. The van der Waals surface area contributed by atoms with Gasteiger partial charge in [0.1, 0.15) is 0 Å². The summed E-state index contributed by atoms with van der Waals surface area (Å²) >= 11 is 0. The van der Waals surface area contributed by atoms with Crippen LogP contribution in [0.5, 0.6) is 0 Å². The second kappa shape index (κ2) is 3.91. The van der Waals surface area contributed by atoms with Crippen LogP contribution in [0.15, 0.2) is 42.0 Å². The minimum Gasteiger partial charge on any atom is -0.384 e. The first kappa shape index (κ1) is 9.86. The van der Waals surface area contributed by atoms with Crippen LogP contribution in [0.4, 0.5) is 0 Å². The van der Waals surface area contributed by atoms with Gasteiger partial charge in [-0.05, 0) is 29.5 Å². The van der Waals surface area contributed by atoms with Gasteiger partial charge >= 0.3 is 0 Å². The molecule has 1 aromatic carbocycles. The Morgan fingerprint density at radius 3 is 3.06 bits per heavy atom. The third-order valence-electron chi connectivity index (χ3n) is 3.59. The lowest BCUT2D eigenvalue weighted by atomic mass is 9.91. The zero-order valence-corrected chi connectivity index (χ0v) is 9.57. The van der Waals surface area contributed by atoms with Crippen molar-refractivity contribution in [3.63, 3.8) is 0 Å². The molecule has 1 heteroatoms. The summed E-state index contributed by atoms with van der Waals surface area (Å²) in [7, 11) is 1.79. The van der Waals surface area contributed by atoms with Gasteiger partial charge in [-0.1, -0.05) is 42.0 Å². The van der Waals surface area contributed by atoms with E-state index < -0.39 is 0 Å². The molecule has 0 spiro atoms. The summed E-state index contributed by atoms with van der Waals surface area (Å²) in [6.45, 7) is 0.809. The Morgan fingerprint density at radius 2 is 2.19 bits per heavy atom. The number of allylic oxidation sites excluding steroid dienone is 3. The van der Waals surface area contributed by atoms with Crippen LogP contribution in [0.1, 0.15) is 29.9 Å². The Labute approximate surface area is 96.4 Å². The van der Waals surface area contributed by atoms with Crippen LogP contribution in [-0.4, -0.2) is 13.7 Å². The van der Waals surface area contributed by atoms with E-state index in [9.17, 15) is 0 Å². The molecule has 1 aromatic rings. The van der Waals surface area contributed by atoms with E-state index in [2.05, 4.69) is 36.4 Å². The van der Waals surface area contributed by atoms with Crippen LogP contribution < -0.4 is 0 Å². The SMILES string of the molecule is COCC1C2=C(C=CCC2)c2ccccc21. The molecule has 16 heavy (non-hydrogen) atoms. The fourth-order valence-corrected chi connectivity index (χ4v) is 2.90. The van der Waals surface area contributed by atoms with E-state index in [0.717, 1.165) is 6.61 Å². The first-order valence-corrected chi connectivity index (χ1v) is 5.89. The fourth-order valence-electron chi connectivity index (χ4n) is 2.90. The summed E-state index contributed by atoms with van der Waals surface area (Å²) in [6, 6.07) is 8.73. The van der Waals surface area contributed by atoms with Crippen molar-refractivity contribution in [3.05, 3.63) is 53.1 Å². The van der Waals surface area contributed by atoms with Crippen molar-refractivity contribution < 1.29 is 4.74 Å². The lowest BCUT2D eigenvalue weighted by Gasteiger charge is -2.16. The fraction of sp³-hybridized carbons (Fsp3) is 0.333. The monoisotopic (exact) mass is 212 g/mol. The van der Waals surface area contributed by atoms with E-state index >= 15 is 0 Å². The molecule has 0 aliphatic heterocycles. The van der Waals surface area contributed by atoms with Crippen LogP contribution >= 0.6 is 0 Å². The normalized spacial score (nSPS) is 22.2. The molecule has 1 atom stereocenters. The number of rotatable bonds is 2. The highest BCUT2D eigenvalue weighted by molar-refractivity contribution is 5.85. The van der Waals surface area contributed by atoms with Crippen LogP contribution in [-0.2, 0) is 4.74 Å². The number of hydrogen-bond donors (Lipinski definition) is 0. The van der Waals surface area contributed by atoms with Gasteiger partial charge in [-0.25, -0.2) is 0 Å². The summed E-state index contributed by atoms with van der Waals surface area (Å²) in [6.07, 6.45) is 6.93. The Bertz CT molecular complexity index is 468. The first-order valence-electron chi connectivity index (χ1n) is 5.89. The highest BCUT2D eigenvalue weighted by atomic mass is 16.5. The van der Waals surface area contributed by atoms with Crippen molar-refractivity contribution in [2.75, 3.05) is 13.7 Å². The summed E-state index contributed by atoms with van der Waals surface area (Å²) in [4.78, 5) is 0. The Kier molecular flexibility index (Phi) is 2.41. The molecule has 0 bridgehead atoms. The van der Waals surface area contributed by atoms with Crippen molar-refractivity contribution in [1.82, 2.24) is 0 Å². The number of methoxy groups -OCH3 is 1. The van der Waals surface area contributed by atoms with Crippen molar-refractivity contribution in [2.45, 2.75) is 18.8 Å². The van der Waals surface area contributed by atoms with Gasteiger partial charge in [-0.15, -0.1) is 0 Å². The van der Waals surface area contributed by atoms with Crippen molar-refractivity contribution >= 4 is 5.57 Å². The summed E-state index contributed by atoms with van der Waals surface area (Å²) in [5.41, 5.74) is 5.88. The largest absolute Gasteiger partial charge is 0.384 e. The molecule has 3 rings (SSSR count). The van der Waals surface area contributed by atoms with Gasteiger partial charge in [-0.2, -0.15) is 0 Å². The molecule has 2 aliphatic carbocycles. The highest BCUT2D eigenvalue weighted by Gasteiger charge is 2.30. The van der Waals surface area contributed by atoms with Crippen LogP contribution in [0.25, 0.3) is 5.57 Å². The van der Waals surface area contributed by atoms with E-state index in [-0.39, 0.29) is 0 Å². The van der Waals surface area contributed by atoms with Gasteiger partial charge in [0.2, 0.25) is 0 Å². The number of fused-ring (bicyclic) bond motifs is 2. The molecule has 0 heterocycles. The summed E-state index contributed by atoms with van der Waals surface area (Å²) in [5.74, 6) is 0.487. The van der Waals surface area contributed by atoms with E-state index in [4.69, 9.17) is 4.74 Å². The smallest absolute Gasteiger partial charge is 0.0568 e. The first-order chi connectivity index (χ1) is 7.92. The molecule has 0 N–H and O–H groups in total. The maximum absolute atomic E-state index is 5.37. The van der Waals surface area contributed by atoms with Gasteiger partial charge < -0.3 is 4.74 Å². The molecule has 1 nitrogen and oxygen atoms in total. The molecule has 0 fully saturated rings. The molecule has 0 aromatic heterocycles. The Balaban J connectivity index is 2.12. The molecule has 82 valence electrons. The van der Waals surface area contributed by atoms with Crippen LogP contribution in [0.3, 0.4) is 0 Å². The van der Waals surface area contributed by atoms with Gasteiger partial charge in [0.25, 0.3) is 0 Å². The third kappa shape index (κ3) is 1.35. The van der Waals surface area contributed by atoms with Gasteiger partial charge in [0.05, 0.1) is 6.61 Å². The molecule has 2 aliphatic rings. The standard InChI is InChI=1S/C15H16O/c1-16-10-15-13-8-4-2-6-11(13)12-7-3-5-9-14(12)15/h2-4,6-8,15H,5,9-10H2,1H3. The van der Waals surface area contributed by atoms with E-state index in [1.807, 2.05) is 0 Å². The average Bonchev–Trinajstić information content (AvgIpc) is 2.66. The zero-order chi connectivity index (χ0) is 11.0. The molecule has 0 amide bonds. The quantitative estimate of drug-likeness (QED) is 0.728. The van der Waals surface area contributed by atoms with Gasteiger partial charge in [0, 0.05) is 13.0 Å². The molecule has 0 radical (unpaired) electrons. The van der Waals surface area contributed by atoms with Gasteiger partial charge in [-0.3, -0.25) is 0 Å². The lowest BCUT2D eigenvalue weighted by Crippen LogP contribution is -2.07. The maximum atomic E-state index is 5.37. The predicted octanol–water partition coefficient (Wildman–Crippen LogP) is 3.53. The molecular weight excluding hydrogens is 196 g/mol. The summed E-state index contributed by atoms with van der Waals surface area (Å²) in [5, 5.41) is 0. The van der Waals surface area contributed by atoms with Crippen molar-refractivity contribution in [2.24, 2.45) is 0 Å². The second-order valence-electron chi connectivity index (χ2n) is 4.48. The molecule has 0 saturated heterocycles. The van der Waals surface area contributed by atoms with Crippen LogP contribution in [0.2, 0.25) is 0 Å².